The number of ether oxygens (including phenoxy) is 1. The zero-order chi connectivity index (χ0) is 12.0. The Morgan fingerprint density at radius 3 is 3.00 bits per heavy atom. The summed E-state index contributed by atoms with van der Waals surface area (Å²) in [6.45, 7) is 4.98. The van der Waals surface area contributed by atoms with Crippen LogP contribution in [-0.2, 0) is 22.5 Å². The van der Waals surface area contributed by atoms with Crippen LogP contribution in [0.2, 0.25) is 0 Å². The molecule has 0 radical (unpaired) electrons. The summed E-state index contributed by atoms with van der Waals surface area (Å²) in [5.74, 6) is -0.165. The molecule has 1 rings (SSSR count). The van der Waals surface area contributed by atoms with Crippen LogP contribution in [0.3, 0.4) is 0 Å². The van der Waals surface area contributed by atoms with Crippen LogP contribution in [0.25, 0.3) is 0 Å². The normalized spacial score (nSPS) is 12.4. The lowest BCUT2D eigenvalue weighted by atomic mass is 10.2. The van der Waals surface area contributed by atoms with E-state index in [4.69, 9.17) is 0 Å². The number of rotatable bonds is 6. The van der Waals surface area contributed by atoms with Crippen molar-refractivity contribution in [2.45, 2.75) is 39.3 Å². The largest absolute Gasteiger partial charge is 0.469 e. The molecule has 16 heavy (non-hydrogen) atoms. The summed E-state index contributed by atoms with van der Waals surface area (Å²) in [4.78, 5) is 12.4. The predicted octanol–water partition coefficient (Wildman–Crippen LogP) is 2.35. The second-order valence-corrected chi connectivity index (χ2v) is 4.79. The Hall–Kier alpha value is -0.870. The average molecular weight is 241 g/mol. The van der Waals surface area contributed by atoms with Crippen molar-refractivity contribution >= 4 is 17.3 Å². The Morgan fingerprint density at radius 2 is 2.38 bits per heavy atom. The van der Waals surface area contributed by atoms with Gasteiger partial charge in [0.05, 0.1) is 13.5 Å². The van der Waals surface area contributed by atoms with Crippen molar-refractivity contribution in [1.82, 2.24) is 5.32 Å². The summed E-state index contributed by atoms with van der Waals surface area (Å²) in [6.07, 6.45) is 1.48. The Bertz CT molecular complexity index is 336. The predicted molar refractivity (Wildman–Crippen MR) is 66.6 cm³/mol. The molecule has 0 spiro atoms. The quantitative estimate of drug-likeness (QED) is 0.777. The number of aryl methyl sites for hydroxylation is 1. The molecular weight excluding hydrogens is 222 g/mol. The summed E-state index contributed by atoms with van der Waals surface area (Å²) in [7, 11) is 1.42. The number of thiophene rings is 1. The van der Waals surface area contributed by atoms with Crippen molar-refractivity contribution in [2.75, 3.05) is 7.11 Å². The van der Waals surface area contributed by atoms with Gasteiger partial charge in [-0.05, 0) is 30.4 Å². The number of esters is 1. The van der Waals surface area contributed by atoms with Gasteiger partial charge in [-0.3, -0.25) is 4.79 Å². The highest BCUT2D eigenvalue weighted by atomic mass is 32.1. The maximum atomic E-state index is 11.0. The molecule has 0 aliphatic heterocycles. The molecule has 4 heteroatoms. The number of hydrogen-bond donors (Lipinski definition) is 1. The van der Waals surface area contributed by atoms with Gasteiger partial charge in [-0.2, -0.15) is 0 Å². The Morgan fingerprint density at radius 1 is 1.62 bits per heavy atom. The molecule has 1 aromatic heterocycles. The van der Waals surface area contributed by atoms with E-state index in [-0.39, 0.29) is 12.0 Å². The highest BCUT2D eigenvalue weighted by Crippen LogP contribution is 2.17. The highest BCUT2D eigenvalue weighted by molar-refractivity contribution is 7.10. The topological polar surface area (TPSA) is 38.3 Å². The fraction of sp³-hybridized carbons (Fsp3) is 0.583. The van der Waals surface area contributed by atoms with Crippen LogP contribution in [0.15, 0.2) is 11.4 Å². The summed E-state index contributed by atoms with van der Waals surface area (Å²) < 4.78 is 4.63. The van der Waals surface area contributed by atoms with Gasteiger partial charge in [0.15, 0.2) is 0 Å². The van der Waals surface area contributed by atoms with Crippen LogP contribution in [0, 0.1) is 0 Å². The van der Waals surface area contributed by atoms with E-state index >= 15 is 0 Å². The van der Waals surface area contributed by atoms with Crippen molar-refractivity contribution in [3.8, 4) is 0 Å². The van der Waals surface area contributed by atoms with E-state index in [9.17, 15) is 4.79 Å². The standard InChI is InChI=1S/C12H19NO2S/c1-4-10-5-6-16-11(10)8-13-9(2)7-12(14)15-3/h5-6,9,13H,4,7-8H2,1-3H3. The maximum Gasteiger partial charge on any atom is 0.307 e. The van der Waals surface area contributed by atoms with Crippen molar-refractivity contribution in [1.29, 1.82) is 0 Å². The molecule has 0 bridgehead atoms. The first kappa shape index (κ1) is 13.2. The van der Waals surface area contributed by atoms with Gasteiger partial charge >= 0.3 is 5.97 Å². The number of nitrogens with one attached hydrogen (secondary N) is 1. The Kier molecular flexibility index (Phi) is 5.49. The van der Waals surface area contributed by atoms with Crippen molar-refractivity contribution in [2.24, 2.45) is 0 Å². The van der Waals surface area contributed by atoms with E-state index in [1.54, 1.807) is 11.3 Å². The second-order valence-electron chi connectivity index (χ2n) is 3.78. The first-order valence-corrected chi connectivity index (χ1v) is 6.40. The zero-order valence-electron chi connectivity index (χ0n) is 10.1. The fourth-order valence-electron chi connectivity index (χ4n) is 1.51. The molecule has 1 atom stereocenters. The zero-order valence-corrected chi connectivity index (χ0v) is 10.9. The van der Waals surface area contributed by atoms with Crippen molar-refractivity contribution in [3.63, 3.8) is 0 Å². The molecule has 1 aromatic rings. The lowest BCUT2D eigenvalue weighted by Gasteiger charge is -2.12. The number of methoxy groups -OCH3 is 1. The molecule has 0 saturated carbocycles. The lowest BCUT2D eigenvalue weighted by molar-refractivity contribution is -0.141. The van der Waals surface area contributed by atoms with E-state index in [1.165, 1.54) is 17.6 Å². The number of carbonyl (C=O) groups excluding carboxylic acids is 1. The van der Waals surface area contributed by atoms with Gasteiger partial charge in [0.25, 0.3) is 0 Å². The molecule has 90 valence electrons. The molecule has 3 nitrogen and oxygen atoms in total. The van der Waals surface area contributed by atoms with Gasteiger partial charge < -0.3 is 10.1 Å². The Labute approximate surface area is 101 Å². The molecule has 0 aromatic carbocycles. The molecule has 1 heterocycles. The molecule has 0 saturated heterocycles. The first-order valence-electron chi connectivity index (χ1n) is 5.52. The van der Waals surface area contributed by atoms with Crippen LogP contribution in [-0.4, -0.2) is 19.1 Å². The van der Waals surface area contributed by atoms with Crippen molar-refractivity contribution < 1.29 is 9.53 Å². The van der Waals surface area contributed by atoms with Crippen LogP contribution >= 0.6 is 11.3 Å². The van der Waals surface area contributed by atoms with Crippen molar-refractivity contribution in [3.05, 3.63) is 21.9 Å². The van der Waals surface area contributed by atoms with Crippen LogP contribution in [0.4, 0.5) is 0 Å². The Balaban J connectivity index is 2.36. The molecule has 0 amide bonds. The minimum absolute atomic E-state index is 0.152. The minimum Gasteiger partial charge on any atom is -0.469 e. The number of hydrogen-bond acceptors (Lipinski definition) is 4. The van der Waals surface area contributed by atoms with E-state index in [0.717, 1.165) is 13.0 Å². The van der Waals surface area contributed by atoms with Gasteiger partial charge in [-0.1, -0.05) is 6.92 Å². The summed E-state index contributed by atoms with van der Waals surface area (Å²) in [5.41, 5.74) is 1.39. The molecule has 0 aliphatic carbocycles. The lowest BCUT2D eigenvalue weighted by Crippen LogP contribution is -2.28. The molecular formula is C12H19NO2S. The van der Waals surface area contributed by atoms with Crippen LogP contribution in [0.5, 0.6) is 0 Å². The number of carbonyl (C=O) groups is 1. The smallest absolute Gasteiger partial charge is 0.307 e. The minimum atomic E-state index is -0.165. The molecule has 1 N–H and O–H groups in total. The van der Waals surface area contributed by atoms with Gasteiger partial charge in [0, 0.05) is 17.5 Å². The second kappa shape index (κ2) is 6.66. The third-order valence-corrected chi connectivity index (χ3v) is 3.49. The molecule has 0 aliphatic rings. The van der Waals surface area contributed by atoms with Gasteiger partial charge in [0.1, 0.15) is 0 Å². The summed E-state index contributed by atoms with van der Waals surface area (Å²) >= 11 is 1.76. The summed E-state index contributed by atoms with van der Waals surface area (Å²) in [5, 5.41) is 5.45. The van der Waals surface area contributed by atoms with Gasteiger partial charge in [0.2, 0.25) is 0 Å². The third-order valence-electron chi connectivity index (χ3n) is 2.53. The fourth-order valence-corrected chi connectivity index (χ4v) is 2.44. The van der Waals surface area contributed by atoms with Gasteiger partial charge in [-0.25, -0.2) is 0 Å². The molecule has 0 fully saturated rings. The third kappa shape index (κ3) is 3.94. The van der Waals surface area contributed by atoms with E-state index in [1.807, 2.05) is 6.92 Å². The van der Waals surface area contributed by atoms with E-state index < -0.39 is 0 Å². The van der Waals surface area contributed by atoms with Crippen LogP contribution < -0.4 is 5.32 Å². The van der Waals surface area contributed by atoms with E-state index in [0.29, 0.717) is 6.42 Å². The SMILES string of the molecule is CCc1ccsc1CNC(C)CC(=O)OC. The van der Waals surface area contributed by atoms with Crippen LogP contribution in [0.1, 0.15) is 30.7 Å². The molecule has 1 unspecified atom stereocenters. The summed E-state index contributed by atoms with van der Waals surface area (Å²) in [6, 6.07) is 2.31. The van der Waals surface area contributed by atoms with E-state index in [2.05, 4.69) is 28.4 Å². The average Bonchev–Trinajstić information content (AvgIpc) is 2.73. The highest BCUT2D eigenvalue weighted by Gasteiger charge is 2.09. The van der Waals surface area contributed by atoms with Gasteiger partial charge in [-0.15, -0.1) is 11.3 Å². The monoisotopic (exact) mass is 241 g/mol. The first-order chi connectivity index (χ1) is 7.67. The maximum absolute atomic E-state index is 11.0.